The summed E-state index contributed by atoms with van der Waals surface area (Å²) in [5.41, 5.74) is 6.86. The van der Waals surface area contributed by atoms with Crippen molar-refractivity contribution in [1.29, 1.82) is 0 Å². The summed E-state index contributed by atoms with van der Waals surface area (Å²) in [6.45, 7) is 4.40. The van der Waals surface area contributed by atoms with E-state index in [2.05, 4.69) is 86.1 Å². The molecule has 0 bridgehead atoms. The fraction of sp³-hybridized carbons (Fsp3) is 0.241. The molecule has 0 saturated heterocycles. The molecule has 0 heteroatoms. The molecule has 0 fully saturated rings. The van der Waals surface area contributed by atoms with Gasteiger partial charge in [0.05, 0.1) is 0 Å². The molecule has 29 heavy (non-hydrogen) atoms. The van der Waals surface area contributed by atoms with Crippen LogP contribution in [0.25, 0.3) is 0 Å². The average Bonchev–Trinajstić information content (AvgIpc) is 2.78. The zero-order valence-electron chi connectivity index (χ0n) is 17.5. The molecular formula is C29H28. The average molecular weight is 377 g/mol. The van der Waals surface area contributed by atoms with Gasteiger partial charge in [0, 0.05) is 22.3 Å². The molecule has 0 aliphatic carbocycles. The Morgan fingerprint density at radius 2 is 0.862 bits per heavy atom. The lowest BCUT2D eigenvalue weighted by molar-refractivity contribution is 0.717. The maximum absolute atomic E-state index is 3.26. The van der Waals surface area contributed by atoms with Crippen LogP contribution in [0.2, 0.25) is 0 Å². The van der Waals surface area contributed by atoms with Crippen molar-refractivity contribution in [2.75, 3.05) is 0 Å². The highest BCUT2D eigenvalue weighted by Crippen LogP contribution is 2.09. The molecular weight excluding hydrogens is 348 g/mol. The number of benzene rings is 3. The Morgan fingerprint density at radius 1 is 0.483 bits per heavy atom. The van der Waals surface area contributed by atoms with Gasteiger partial charge in [-0.15, -0.1) is 0 Å². The summed E-state index contributed by atoms with van der Waals surface area (Å²) in [6, 6.07) is 25.2. The maximum atomic E-state index is 3.26. The van der Waals surface area contributed by atoms with E-state index in [4.69, 9.17) is 0 Å². The van der Waals surface area contributed by atoms with Crippen molar-refractivity contribution in [3.05, 3.63) is 106 Å². The van der Waals surface area contributed by atoms with Crippen molar-refractivity contribution >= 4 is 0 Å². The third-order valence-corrected chi connectivity index (χ3v) is 4.97. The molecule has 0 atom stereocenters. The summed E-state index contributed by atoms with van der Waals surface area (Å²) in [4.78, 5) is 0. The Hall–Kier alpha value is -3.22. The molecule has 0 aromatic heterocycles. The first-order valence-corrected chi connectivity index (χ1v) is 10.6. The zero-order valence-corrected chi connectivity index (χ0v) is 17.5. The molecule has 0 unspecified atom stereocenters. The van der Waals surface area contributed by atoms with Crippen LogP contribution in [0.5, 0.6) is 0 Å². The second-order valence-electron chi connectivity index (χ2n) is 7.28. The molecule has 0 nitrogen and oxygen atoms in total. The third-order valence-electron chi connectivity index (χ3n) is 4.97. The van der Waals surface area contributed by atoms with Gasteiger partial charge >= 0.3 is 0 Å². The van der Waals surface area contributed by atoms with Gasteiger partial charge in [0.2, 0.25) is 0 Å². The Kier molecular flexibility index (Phi) is 7.74. The summed E-state index contributed by atoms with van der Waals surface area (Å²) in [6.07, 6.45) is 6.04. The van der Waals surface area contributed by atoms with Crippen LogP contribution in [0.3, 0.4) is 0 Å². The number of unbranched alkanes of at least 4 members (excludes halogenated alkanes) is 2. The smallest absolute Gasteiger partial charge is 0.0249 e. The minimum atomic E-state index is 1.01. The van der Waals surface area contributed by atoms with Gasteiger partial charge < -0.3 is 0 Å². The minimum Gasteiger partial charge on any atom is -0.0654 e. The molecule has 0 amide bonds. The van der Waals surface area contributed by atoms with Crippen molar-refractivity contribution in [1.82, 2.24) is 0 Å². The van der Waals surface area contributed by atoms with E-state index in [0.29, 0.717) is 0 Å². The minimum absolute atomic E-state index is 1.01. The topological polar surface area (TPSA) is 0 Å². The number of aryl methyl sites for hydroxylation is 2. The number of hydrogen-bond donors (Lipinski definition) is 0. The predicted octanol–water partition coefficient (Wildman–Crippen LogP) is 6.78. The highest BCUT2D eigenvalue weighted by atomic mass is 14.0. The van der Waals surface area contributed by atoms with Crippen molar-refractivity contribution < 1.29 is 0 Å². The summed E-state index contributed by atoms with van der Waals surface area (Å²) in [7, 11) is 0. The summed E-state index contributed by atoms with van der Waals surface area (Å²) >= 11 is 0. The molecule has 3 aromatic carbocycles. The Balaban J connectivity index is 1.60. The quantitative estimate of drug-likeness (QED) is 0.340. The van der Waals surface area contributed by atoms with Crippen LogP contribution in [-0.4, -0.2) is 0 Å². The molecule has 0 spiro atoms. The van der Waals surface area contributed by atoms with Crippen molar-refractivity contribution in [2.45, 2.75) is 46.0 Å². The third kappa shape index (κ3) is 6.71. The lowest BCUT2D eigenvalue weighted by atomic mass is 10.1. The van der Waals surface area contributed by atoms with Crippen LogP contribution in [0.1, 0.15) is 66.5 Å². The van der Waals surface area contributed by atoms with E-state index >= 15 is 0 Å². The van der Waals surface area contributed by atoms with Gasteiger partial charge in [0.1, 0.15) is 0 Å². The highest BCUT2D eigenvalue weighted by molar-refractivity contribution is 5.48. The van der Waals surface area contributed by atoms with Gasteiger partial charge in [-0.3, -0.25) is 0 Å². The van der Waals surface area contributed by atoms with Gasteiger partial charge in [-0.1, -0.05) is 74.6 Å². The number of rotatable bonds is 5. The SMILES string of the molecule is CCCCCc1ccc(C#Cc2ccc(C#Cc3ccc(CC)cc3)cc2)cc1. The summed E-state index contributed by atoms with van der Waals surface area (Å²) < 4.78 is 0. The molecule has 0 radical (unpaired) electrons. The lowest BCUT2D eigenvalue weighted by Gasteiger charge is -2.00. The molecule has 3 aromatic rings. The Morgan fingerprint density at radius 3 is 1.24 bits per heavy atom. The monoisotopic (exact) mass is 376 g/mol. The standard InChI is InChI=1S/C29H28/c1-3-5-6-7-25-12-14-27(15-13-25)18-19-29-22-20-28(21-23-29)17-16-26-10-8-24(4-2)9-11-26/h8-15,20-23H,3-7H2,1-2H3. The first-order valence-electron chi connectivity index (χ1n) is 10.6. The molecule has 0 saturated carbocycles. The highest BCUT2D eigenvalue weighted by Gasteiger charge is 1.94. The molecule has 0 N–H and O–H groups in total. The Bertz CT molecular complexity index is 1010. The van der Waals surface area contributed by atoms with Crippen LogP contribution in [-0.2, 0) is 12.8 Å². The van der Waals surface area contributed by atoms with Crippen molar-refractivity contribution in [3.63, 3.8) is 0 Å². The van der Waals surface area contributed by atoms with Gasteiger partial charge in [0.15, 0.2) is 0 Å². The van der Waals surface area contributed by atoms with E-state index < -0.39 is 0 Å². The summed E-state index contributed by atoms with van der Waals surface area (Å²) in [5, 5.41) is 0. The first kappa shape index (κ1) is 20.5. The van der Waals surface area contributed by atoms with E-state index in [9.17, 15) is 0 Å². The van der Waals surface area contributed by atoms with Gasteiger partial charge in [-0.05, 0) is 78.9 Å². The zero-order chi connectivity index (χ0) is 20.3. The molecule has 0 heterocycles. The van der Waals surface area contributed by atoms with E-state index in [1.807, 2.05) is 24.3 Å². The molecule has 144 valence electrons. The van der Waals surface area contributed by atoms with E-state index in [1.165, 1.54) is 30.4 Å². The van der Waals surface area contributed by atoms with Crippen molar-refractivity contribution in [3.8, 4) is 23.7 Å². The summed E-state index contributed by atoms with van der Waals surface area (Å²) in [5.74, 6) is 13.0. The van der Waals surface area contributed by atoms with E-state index in [-0.39, 0.29) is 0 Å². The fourth-order valence-corrected chi connectivity index (χ4v) is 3.08. The van der Waals surface area contributed by atoms with Gasteiger partial charge in [-0.25, -0.2) is 0 Å². The first-order chi connectivity index (χ1) is 14.3. The van der Waals surface area contributed by atoms with Crippen LogP contribution in [0.15, 0.2) is 72.8 Å². The number of hydrogen-bond acceptors (Lipinski definition) is 0. The predicted molar refractivity (Wildman–Crippen MR) is 124 cm³/mol. The Labute approximate surface area is 176 Å². The normalized spacial score (nSPS) is 9.86. The largest absolute Gasteiger partial charge is 0.0654 e. The van der Waals surface area contributed by atoms with Crippen LogP contribution >= 0.6 is 0 Å². The maximum Gasteiger partial charge on any atom is 0.0249 e. The molecule has 0 aliphatic rings. The van der Waals surface area contributed by atoms with Crippen LogP contribution < -0.4 is 0 Å². The van der Waals surface area contributed by atoms with Crippen molar-refractivity contribution in [2.24, 2.45) is 0 Å². The molecule has 0 aliphatic heterocycles. The second kappa shape index (κ2) is 10.9. The van der Waals surface area contributed by atoms with E-state index in [0.717, 1.165) is 35.1 Å². The van der Waals surface area contributed by atoms with Gasteiger partial charge in [0.25, 0.3) is 0 Å². The second-order valence-corrected chi connectivity index (χ2v) is 7.28. The van der Waals surface area contributed by atoms with E-state index in [1.54, 1.807) is 0 Å². The lowest BCUT2D eigenvalue weighted by Crippen LogP contribution is -1.85. The molecule has 3 rings (SSSR count). The van der Waals surface area contributed by atoms with Gasteiger partial charge in [-0.2, -0.15) is 0 Å². The van der Waals surface area contributed by atoms with Crippen LogP contribution in [0.4, 0.5) is 0 Å². The van der Waals surface area contributed by atoms with Crippen LogP contribution in [0, 0.1) is 23.7 Å². The fourth-order valence-electron chi connectivity index (χ4n) is 3.08.